The number of hydrogen-bond acceptors (Lipinski definition) is 4. The van der Waals surface area contributed by atoms with E-state index in [1.54, 1.807) is 4.68 Å². The summed E-state index contributed by atoms with van der Waals surface area (Å²) in [5.41, 5.74) is 3.05. The molecule has 134 valence electrons. The lowest BCUT2D eigenvalue weighted by molar-refractivity contribution is -0.0586. The first-order valence-electron chi connectivity index (χ1n) is 8.73. The van der Waals surface area contributed by atoms with Crippen molar-refractivity contribution in [3.63, 3.8) is 0 Å². The minimum Gasteiger partial charge on any atom is -0.372 e. The number of aromatic nitrogens is 2. The molecule has 6 nitrogen and oxygen atoms in total. The van der Waals surface area contributed by atoms with E-state index in [1.807, 2.05) is 62.5 Å². The van der Waals surface area contributed by atoms with Crippen molar-refractivity contribution in [1.82, 2.24) is 20.0 Å². The fourth-order valence-corrected chi connectivity index (χ4v) is 3.21. The Balaban J connectivity index is 1.53. The highest BCUT2D eigenvalue weighted by atomic mass is 16.5. The molecule has 1 aromatic heterocycles. The molecule has 1 aromatic carbocycles. The fourth-order valence-electron chi connectivity index (χ4n) is 3.21. The predicted molar refractivity (Wildman–Crippen MR) is 96.1 cm³/mol. The number of morpholine rings is 1. The second-order valence-electron chi connectivity index (χ2n) is 6.79. The van der Waals surface area contributed by atoms with Crippen molar-refractivity contribution in [1.29, 1.82) is 0 Å². The highest BCUT2D eigenvalue weighted by molar-refractivity contribution is 5.94. The normalized spacial score (nSPS) is 20.7. The molecule has 0 radical (unpaired) electrons. The predicted octanol–water partition coefficient (Wildman–Crippen LogP) is 1.96. The molecule has 3 rings (SSSR count). The van der Waals surface area contributed by atoms with Crippen molar-refractivity contribution in [3.8, 4) is 0 Å². The fraction of sp³-hybridized carbons (Fsp3) is 0.474. The first-order valence-corrected chi connectivity index (χ1v) is 8.73. The van der Waals surface area contributed by atoms with Crippen LogP contribution in [0, 0.1) is 0 Å². The molecule has 1 amide bonds. The molecule has 1 N–H and O–H groups in total. The average Bonchev–Trinajstić information content (AvgIpc) is 2.99. The van der Waals surface area contributed by atoms with Crippen LogP contribution in [0.4, 0.5) is 0 Å². The van der Waals surface area contributed by atoms with Crippen molar-refractivity contribution >= 4 is 5.91 Å². The summed E-state index contributed by atoms with van der Waals surface area (Å²) in [7, 11) is 1.91. The SMILES string of the molecule is C[C@H]1CN(C(=O)c2ccc(CNCc3cnn(C)c3)cc2)C[C@H](C)O1. The van der Waals surface area contributed by atoms with Gasteiger partial charge in [-0.3, -0.25) is 9.48 Å². The van der Waals surface area contributed by atoms with Crippen LogP contribution in [-0.4, -0.2) is 45.9 Å². The first-order chi connectivity index (χ1) is 12.0. The molecule has 0 aliphatic carbocycles. The third kappa shape index (κ3) is 4.67. The maximum atomic E-state index is 12.6. The number of aryl methyl sites for hydroxylation is 1. The number of nitrogens with one attached hydrogen (secondary N) is 1. The van der Waals surface area contributed by atoms with Crippen molar-refractivity contribution in [2.75, 3.05) is 13.1 Å². The van der Waals surface area contributed by atoms with Crippen molar-refractivity contribution in [2.45, 2.75) is 39.1 Å². The third-order valence-electron chi connectivity index (χ3n) is 4.32. The van der Waals surface area contributed by atoms with E-state index >= 15 is 0 Å². The maximum Gasteiger partial charge on any atom is 0.254 e. The number of nitrogens with zero attached hydrogens (tertiary/aromatic N) is 3. The van der Waals surface area contributed by atoms with Gasteiger partial charge in [-0.05, 0) is 31.5 Å². The van der Waals surface area contributed by atoms with Gasteiger partial charge in [0.25, 0.3) is 5.91 Å². The Morgan fingerprint density at radius 3 is 2.40 bits per heavy atom. The minimum absolute atomic E-state index is 0.0804. The number of hydrogen-bond donors (Lipinski definition) is 1. The highest BCUT2D eigenvalue weighted by Crippen LogP contribution is 2.15. The molecule has 25 heavy (non-hydrogen) atoms. The first kappa shape index (κ1) is 17.6. The summed E-state index contributed by atoms with van der Waals surface area (Å²) in [6, 6.07) is 7.84. The van der Waals surface area contributed by atoms with Gasteiger partial charge in [0.2, 0.25) is 0 Å². The topological polar surface area (TPSA) is 59.4 Å². The standard InChI is InChI=1S/C19H26N4O2/c1-14-11-23(12-15(2)25-14)19(24)18-6-4-16(5-7-18)8-20-9-17-10-21-22(3)13-17/h4-7,10,13-15,20H,8-9,11-12H2,1-3H3/t14-,15-/m0/s1. The van der Waals surface area contributed by atoms with E-state index in [0.717, 1.165) is 29.8 Å². The van der Waals surface area contributed by atoms with Gasteiger partial charge in [0, 0.05) is 50.6 Å². The summed E-state index contributed by atoms with van der Waals surface area (Å²) >= 11 is 0. The molecule has 1 fully saturated rings. The van der Waals surface area contributed by atoms with E-state index in [1.165, 1.54) is 0 Å². The van der Waals surface area contributed by atoms with E-state index in [0.29, 0.717) is 13.1 Å². The van der Waals surface area contributed by atoms with E-state index in [-0.39, 0.29) is 18.1 Å². The zero-order chi connectivity index (χ0) is 17.8. The van der Waals surface area contributed by atoms with Crippen LogP contribution in [0.3, 0.4) is 0 Å². The monoisotopic (exact) mass is 342 g/mol. The zero-order valence-electron chi connectivity index (χ0n) is 15.1. The van der Waals surface area contributed by atoms with Gasteiger partial charge >= 0.3 is 0 Å². The average molecular weight is 342 g/mol. The van der Waals surface area contributed by atoms with Gasteiger partial charge in [0.15, 0.2) is 0 Å². The number of ether oxygens (including phenoxy) is 1. The van der Waals surface area contributed by atoms with Crippen LogP contribution < -0.4 is 5.32 Å². The van der Waals surface area contributed by atoms with E-state index in [4.69, 9.17) is 4.74 Å². The van der Waals surface area contributed by atoms with Crippen LogP contribution in [0.25, 0.3) is 0 Å². The summed E-state index contributed by atoms with van der Waals surface area (Å²) in [5.74, 6) is 0.0804. The smallest absolute Gasteiger partial charge is 0.254 e. The van der Waals surface area contributed by atoms with Crippen molar-refractivity contribution in [2.24, 2.45) is 7.05 Å². The molecule has 1 aliphatic rings. The van der Waals surface area contributed by atoms with Gasteiger partial charge < -0.3 is 15.0 Å². The number of amides is 1. The largest absolute Gasteiger partial charge is 0.372 e. The molecule has 6 heteroatoms. The lowest BCUT2D eigenvalue weighted by atomic mass is 10.1. The van der Waals surface area contributed by atoms with Gasteiger partial charge in [-0.15, -0.1) is 0 Å². The van der Waals surface area contributed by atoms with Gasteiger partial charge in [0.05, 0.1) is 18.4 Å². The number of carbonyl (C=O) groups excluding carboxylic acids is 1. The quantitative estimate of drug-likeness (QED) is 0.902. The molecular weight excluding hydrogens is 316 g/mol. The van der Waals surface area contributed by atoms with E-state index < -0.39 is 0 Å². The van der Waals surface area contributed by atoms with Gasteiger partial charge in [0.1, 0.15) is 0 Å². The molecule has 2 atom stereocenters. The Kier molecular flexibility index (Phi) is 5.50. The van der Waals surface area contributed by atoms with Crippen molar-refractivity contribution < 1.29 is 9.53 Å². The van der Waals surface area contributed by atoms with Crippen LogP contribution in [-0.2, 0) is 24.9 Å². The maximum absolute atomic E-state index is 12.6. The van der Waals surface area contributed by atoms with Crippen molar-refractivity contribution in [3.05, 3.63) is 53.3 Å². The Labute approximate surface area is 148 Å². The molecule has 2 heterocycles. The Bertz CT molecular complexity index is 700. The molecular formula is C19H26N4O2. The number of carbonyl (C=O) groups is 1. The van der Waals surface area contributed by atoms with Crippen LogP contribution in [0.15, 0.2) is 36.7 Å². The molecule has 0 spiro atoms. The van der Waals surface area contributed by atoms with Gasteiger partial charge in [-0.2, -0.15) is 5.10 Å². The number of benzene rings is 1. The molecule has 1 saturated heterocycles. The lowest BCUT2D eigenvalue weighted by Gasteiger charge is -2.35. The minimum atomic E-state index is 0.0804. The zero-order valence-corrected chi connectivity index (χ0v) is 15.1. The summed E-state index contributed by atoms with van der Waals surface area (Å²) in [4.78, 5) is 14.5. The summed E-state index contributed by atoms with van der Waals surface area (Å²) < 4.78 is 7.49. The molecule has 1 aliphatic heterocycles. The second-order valence-corrected chi connectivity index (χ2v) is 6.79. The molecule has 0 saturated carbocycles. The molecule has 0 unspecified atom stereocenters. The van der Waals surface area contributed by atoms with Gasteiger partial charge in [-0.1, -0.05) is 12.1 Å². The van der Waals surface area contributed by atoms with Gasteiger partial charge in [-0.25, -0.2) is 0 Å². The Morgan fingerprint density at radius 2 is 1.80 bits per heavy atom. The van der Waals surface area contributed by atoms with Crippen LogP contribution in [0.2, 0.25) is 0 Å². The summed E-state index contributed by atoms with van der Waals surface area (Å²) in [6.07, 6.45) is 4.03. The van der Waals surface area contributed by atoms with Crippen LogP contribution in [0.1, 0.15) is 35.3 Å². The molecule has 2 aromatic rings. The molecule has 0 bridgehead atoms. The Hall–Kier alpha value is -2.18. The summed E-state index contributed by atoms with van der Waals surface area (Å²) in [6.45, 7) is 6.85. The third-order valence-corrected chi connectivity index (χ3v) is 4.32. The Morgan fingerprint density at radius 1 is 1.16 bits per heavy atom. The van der Waals surface area contributed by atoms with E-state index in [2.05, 4.69) is 10.4 Å². The second kappa shape index (κ2) is 7.80. The van der Waals surface area contributed by atoms with Crippen LogP contribution >= 0.6 is 0 Å². The van der Waals surface area contributed by atoms with E-state index in [9.17, 15) is 4.79 Å². The summed E-state index contributed by atoms with van der Waals surface area (Å²) in [5, 5.41) is 7.54. The number of rotatable bonds is 5. The lowest BCUT2D eigenvalue weighted by Crippen LogP contribution is -2.48. The highest BCUT2D eigenvalue weighted by Gasteiger charge is 2.26. The van der Waals surface area contributed by atoms with Crippen LogP contribution in [0.5, 0.6) is 0 Å².